The van der Waals surface area contributed by atoms with E-state index in [9.17, 15) is 27.6 Å². The Labute approximate surface area is 177 Å². The Morgan fingerprint density at radius 3 is 2.35 bits per heavy atom. The molecule has 1 N–H and O–H groups in total. The van der Waals surface area contributed by atoms with Gasteiger partial charge in [0, 0.05) is 20.1 Å². The molecule has 1 saturated carbocycles. The van der Waals surface area contributed by atoms with Crippen LogP contribution >= 0.6 is 0 Å². The predicted octanol–water partition coefficient (Wildman–Crippen LogP) is 3.23. The van der Waals surface area contributed by atoms with Gasteiger partial charge in [0.15, 0.2) is 0 Å². The molecule has 10 heteroatoms. The fourth-order valence-corrected chi connectivity index (χ4v) is 4.04. The maximum Gasteiger partial charge on any atom is 0.416 e. The molecule has 31 heavy (non-hydrogen) atoms. The normalized spacial score (nSPS) is 21.2. The highest BCUT2D eigenvalue weighted by atomic mass is 19.4. The lowest BCUT2D eigenvalue weighted by Gasteiger charge is -2.19. The summed E-state index contributed by atoms with van der Waals surface area (Å²) in [7, 11) is 1.45. The SMILES string of the molecule is COCCOc1ccc(C(F)(F)F)cc1NC(=O)CCN1C(=O)[C@H]2CCCC[C@@H]2C1=O. The third-order valence-electron chi connectivity index (χ3n) is 5.62. The molecule has 1 aromatic carbocycles. The molecule has 1 heterocycles. The zero-order valence-electron chi connectivity index (χ0n) is 17.2. The van der Waals surface area contributed by atoms with E-state index in [-0.39, 0.29) is 61.3 Å². The van der Waals surface area contributed by atoms with Gasteiger partial charge in [0.05, 0.1) is 29.7 Å². The Morgan fingerprint density at radius 2 is 1.77 bits per heavy atom. The molecule has 0 radical (unpaired) electrons. The maximum atomic E-state index is 13.1. The average molecular weight is 442 g/mol. The van der Waals surface area contributed by atoms with Crippen LogP contribution in [0.15, 0.2) is 18.2 Å². The van der Waals surface area contributed by atoms with E-state index >= 15 is 0 Å². The number of benzene rings is 1. The Bertz CT molecular complexity index is 819. The number of fused-ring (bicyclic) bond motifs is 1. The van der Waals surface area contributed by atoms with Crippen LogP contribution in [-0.2, 0) is 25.3 Å². The van der Waals surface area contributed by atoms with Crippen LogP contribution < -0.4 is 10.1 Å². The minimum atomic E-state index is -4.59. The summed E-state index contributed by atoms with van der Waals surface area (Å²) in [6, 6.07) is 2.79. The van der Waals surface area contributed by atoms with Gasteiger partial charge in [-0.15, -0.1) is 0 Å². The molecule has 3 rings (SSSR count). The first-order valence-electron chi connectivity index (χ1n) is 10.2. The molecular formula is C21H25F3N2O5. The van der Waals surface area contributed by atoms with Crippen LogP contribution in [0.3, 0.4) is 0 Å². The van der Waals surface area contributed by atoms with E-state index in [0.717, 1.165) is 35.9 Å². The molecule has 2 aliphatic rings. The molecule has 0 unspecified atom stereocenters. The highest BCUT2D eigenvalue weighted by Gasteiger charge is 2.47. The summed E-state index contributed by atoms with van der Waals surface area (Å²) in [6.45, 7) is 0.204. The van der Waals surface area contributed by atoms with Crippen molar-refractivity contribution < 1.29 is 37.0 Å². The number of ether oxygens (including phenoxy) is 2. The van der Waals surface area contributed by atoms with E-state index in [1.54, 1.807) is 0 Å². The highest BCUT2D eigenvalue weighted by Crippen LogP contribution is 2.38. The molecule has 0 bridgehead atoms. The van der Waals surface area contributed by atoms with Gasteiger partial charge in [0.25, 0.3) is 0 Å². The van der Waals surface area contributed by atoms with Gasteiger partial charge in [-0.1, -0.05) is 12.8 Å². The van der Waals surface area contributed by atoms with Gasteiger partial charge < -0.3 is 14.8 Å². The summed E-state index contributed by atoms with van der Waals surface area (Å²) in [5.41, 5.74) is -1.07. The van der Waals surface area contributed by atoms with E-state index in [4.69, 9.17) is 9.47 Å². The van der Waals surface area contributed by atoms with Gasteiger partial charge in [0.1, 0.15) is 12.4 Å². The number of carbonyl (C=O) groups excluding carboxylic acids is 3. The van der Waals surface area contributed by atoms with Crippen LogP contribution in [0.2, 0.25) is 0 Å². The number of hydrogen-bond donors (Lipinski definition) is 1. The Balaban J connectivity index is 1.66. The summed E-state index contributed by atoms with van der Waals surface area (Å²) in [5.74, 6) is -1.69. The topological polar surface area (TPSA) is 84.9 Å². The number of imide groups is 1. The van der Waals surface area contributed by atoms with E-state index in [1.807, 2.05) is 0 Å². The molecule has 2 atom stereocenters. The molecule has 1 aromatic rings. The third-order valence-corrected chi connectivity index (χ3v) is 5.62. The monoisotopic (exact) mass is 442 g/mol. The van der Waals surface area contributed by atoms with E-state index in [2.05, 4.69) is 5.32 Å². The zero-order chi connectivity index (χ0) is 22.6. The van der Waals surface area contributed by atoms with Gasteiger partial charge in [-0.2, -0.15) is 13.2 Å². The summed E-state index contributed by atoms with van der Waals surface area (Å²) in [5, 5.41) is 2.41. The lowest BCUT2D eigenvalue weighted by molar-refractivity contribution is -0.140. The molecular weight excluding hydrogens is 417 g/mol. The van der Waals surface area contributed by atoms with Crippen molar-refractivity contribution in [1.82, 2.24) is 4.90 Å². The fourth-order valence-electron chi connectivity index (χ4n) is 4.04. The smallest absolute Gasteiger partial charge is 0.416 e. The van der Waals surface area contributed by atoms with Gasteiger partial charge in [-0.3, -0.25) is 19.3 Å². The molecule has 7 nitrogen and oxygen atoms in total. The number of nitrogens with zero attached hydrogens (tertiary/aromatic N) is 1. The van der Waals surface area contributed by atoms with Gasteiger partial charge in [0.2, 0.25) is 17.7 Å². The third kappa shape index (κ3) is 5.36. The first-order chi connectivity index (χ1) is 14.7. The standard InChI is InChI=1S/C21H25F3N2O5/c1-30-10-11-31-17-7-6-13(21(22,23)24)12-16(17)25-18(27)8-9-26-19(28)14-4-2-3-5-15(14)20(26)29/h6-7,12,14-15H,2-5,8-11H2,1H3,(H,25,27)/t14-,15-/m0/s1. The molecule has 170 valence electrons. The number of halogens is 3. The van der Waals surface area contributed by atoms with E-state index < -0.39 is 17.6 Å². The molecule has 0 aromatic heterocycles. The zero-order valence-corrected chi connectivity index (χ0v) is 17.2. The Kier molecular flexibility index (Phi) is 7.19. The van der Waals surface area contributed by atoms with E-state index in [1.165, 1.54) is 7.11 Å². The average Bonchev–Trinajstić information content (AvgIpc) is 2.97. The second-order valence-corrected chi connectivity index (χ2v) is 7.67. The molecule has 0 spiro atoms. The first-order valence-corrected chi connectivity index (χ1v) is 10.2. The molecule has 1 saturated heterocycles. The Hall–Kier alpha value is -2.62. The number of hydrogen-bond acceptors (Lipinski definition) is 5. The number of rotatable bonds is 8. The van der Waals surface area contributed by atoms with Crippen LogP contribution in [-0.4, -0.2) is 49.5 Å². The van der Waals surface area contributed by atoms with Crippen molar-refractivity contribution in [2.75, 3.05) is 32.2 Å². The van der Waals surface area contributed by atoms with Crippen molar-refractivity contribution in [1.29, 1.82) is 0 Å². The van der Waals surface area contributed by atoms with Crippen LogP contribution in [0.1, 0.15) is 37.7 Å². The summed E-state index contributed by atoms with van der Waals surface area (Å²) >= 11 is 0. The van der Waals surface area contributed by atoms with Crippen LogP contribution in [0.25, 0.3) is 0 Å². The van der Waals surface area contributed by atoms with Crippen molar-refractivity contribution in [3.8, 4) is 5.75 Å². The van der Waals surface area contributed by atoms with Gasteiger partial charge >= 0.3 is 6.18 Å². The summed E-state index contributed by atoms with van der Waals surface area (Å²) in [6.07, 6.45) is -1.67. The quantitative estimate of drug-likeness (QED) is 0.494. The van der Waals surface area contributed by atoms with Crippen molar-refractivity contribution >= 4 is 23.4 Å². The second-order valence-electron chi connectivity index (χ2n) is 7.67. The molecule has 2 fully saturated rings. The molecule has 1 aliphatic heterocycles. The fraction of sp³-hybridized carbons (Fsp3) is 0.571. The predicted molar refractivity (Wildman–Crippen MR) is 104 cm³/mol. The van der Waals surface area contributed by atoms with Crippen molar-refractivity contribution in [3.63, 3.8) is 0 Å². The minimum absolute atomic E-state index is 0.0674. The number of alkyl halides is 3. The van der Waals surface area contributed by atoms with E-state index in [0.29, 0.717) is 12.8 Å². The van der Waals surface area contributed by atoms with Gasteiger partial charge in [-0.25, -0.2) is 0 Å². The van der Waals surface area contributed by atoms with Crippen molar-refractivity contribution in [3.05, 3.63) is 23.8 Å². The highest BCUT2D eigenvalue weighted by molar-refractivity contribution is 6.05. The largest absolute Gasteiger partial charge is 0.489 e. The van der Waals surface area contributed by atoms with Crippen LogP contribution in [0.5, 0.6) is 5.75 Å². The number of likely N-dealkylation sites (tertiary alicyclic amines) is 1. The number of amides is 3. The molecule has 3 amide bonds. The van der Waals surface area contributed by atoms with Crippen molar-refractivity contribution in [2.24, 2.45) is 11.8 Å². The summed E-state index contributed by atoms with van der Waals surface area (Å²) in [4.78, 5) is 38.5. The lowest BCUT2D eigenvalue weighted by atomic mass is 9.81. The molecule has 1 aliphatic carbocycles. The van der Waals surface area contributed by atoms with Crippen molar-refractivity contribution in [2.45, 2.75) is 38.3 Å². The number of methoxy groups -OCH3 is 1. The van der Waals surface area contributed by atoms with Gasteiger partial charge in [-0.05, 0) is 31.0 Å². The Morgan fingerprint density at radius 1 is 1.13 bits per heavy atom. The minimum Gasteiger partial charge on any atom is -0.489 e. The lowest BCUT2D eigenvalue weighted by Crippen LogP contribution is -2.34. The summed E-state index contributed by atoms with van der Waals surface area (Å²) < 4.78 is 49.5. The number of nitrogens with one attached hydrogen (secondary N) is 1. The van der Waals surface area contributed by atoms with Crippen LogP contribution in [0, 0.1) is 11.8 Å². The second kappa shape index (κ2) is 9.67. The number of anilines is 1. The first kappa shape index (κ1) is 23.1. The number of carbonyl (C=O) groups is 3. The maximum absolute atomic E-state index is 13.1. The van der Waals surface area contributed by atoms with Crippen LogP contribution in [0.4, 0.5) is 18.9 Å².